The van der Waals surface area contributed by atoms with Crippen molar-refractivity contribution in [2.75, 3.05) is 0 Å². The molecule has 2 aromatic rings. The van der Waals surface area contributed by atoms with Gasteiger partial charge in [0.05, 0.1) is 11.0 Å². The van der Waals surface area contributed by atoms with Gasteiger partial charge in [0.25, 0.3) is 0 Å². The summed E-state index contributed by atoms with van der Waals surface area (Å²) in [6.07, 6.45) is 1.03. The van der Waals surface area contributed by atoms with E-state index in [9.17, 15) is 0 Å². The molecule has 0 unspecified atom stereocenters. The zero-order chi connectivity index (χ0) is 14.0. The Balaban J connectivity index is 2.51. The van der Waals surface area contributed by atoms with E-state index in [0.29, 0.717) is 18.4 Å². The lowest BCUT2D eigenvalue weighted by molar-refractivity contribution is 0.499. The molecule has 0 saturated heterocycles. The summed E-state index contributed by atoms with van der Waals surface area (Å²) < 4.78 is 2.38. The van der Waals surface area contributed by atoms with E-state index in [0.717, 1.165) is 24.0 Å². The Morgan fingerprint density at radius 2 is 1.89 bits per heavy atom. The third kappa shape index (κ3) is 3.16. The average molecular weight is 259 g/mol. The summed E-state index contributed by atoms with van der Waals surface area (Å²) in [5.41, 5.74) is 9.18. The fourth-order valence-corrected chi connectivity index (χ4v) is 2.44. The fraction of sp³-hybridized carbons (Fsp3) is 0.562. The van der Waals surface area contributed by atoms with Crippen LogP contribution in [-0.4, -0.2) is 9.55 Å². The number of rotatable bonds is 5. The molecule has 2 N–H and O–H groups in total. The van der Waals surface area contributed by atoms with E-state index in [2.05, 4.69) is 50.5 Å². The first-order valence-electron chi connectivity index (χ1n) is 7.19. The van der Waals surface area contributed by atoms with Crippen LogP contribution >= 0.6 is 0 Å². The Morgan fingerprint density at radius 1 is 1.16 bits per heavy atom. The highest BCUT2D eigenvalue weighted by Crippen LogP contribution is 2.21. The molecule has 19 heavy (non-hydrogen) atoms. The summed E-state index contributed by atoms with van der Waals surface area (Å²) in [7, 11) is 0. The molecule has 3 nitrogen and oxygen atoms in total. The second-order valence-corrected chi connectivity index (χ2v) is 6.16. The van der Waals surface area contributed by atoms with Gasteiger partial charge in [-0.3, -0.25) is 0 Å². The number of hydrogen-bond acceptors (Lipinski definition) is 2. The van der Waals surface area contributed by atoms with E-state index in [4.69, 9.17) is 10.7 Å². The predicted molar refractivity (Wildman–Crippen MR) is 81.0 cm³/mol. The lowest BCUT2D eigenvalue weighted by atomic mass is 10.1. The van der Waals surface area contributed by atoms with Crippen LogP contribution in [0.15, 0.2) is 18.2 Å². The number of hydrogen-bond donors (Lipinski definition) is 1. The monoisotopic (exact) mass is 259 g/mol. The first kappa shape index (κ1) is 14.1. The second kappa shape index (κ2) is 5.74. The summed E-state index contributed by atoms with van der Waals surface area (Å²) in [5, 5.41) is 0. The van der Waals surface area contributed by atoms with Gasteiger partial charge in [0.15, 0.2) is 0 Å². The van der Waals surface area contributed by atoms with E-state index in [1.54, 1.807) is 0 Å². The maximum Gasteiger partial charge on any atom is 0.110 e. The molecular formula is C16H25N3. The molecule has 0 radical (unpaired) electrons. The SMILES string of the molecule is CC(C)Cc1nc2cc(CN)ccc2n1CC(C)C. The van der Waals surface area contributed by atoms with Gasteiger partial charge in [-0.25, -0.2) is 4.98 Å². The van der Waals surface area contributed by atoms with E-state index in [1.807, 2.05) is 0 Å². The average Bonchev–Trinajstić information content (AvgIpc) is 2.65. The Morgan fingerprint density at radius 3 is 2.47 bits per heavy atom. The van der Waals surface area contributed by atoms with Gasteiger partial charge in [0.2, 0.25) is 0 Å². The topological polar surface area (TPSA) is 43.8 Å². The minimum absolute atomic E-state index is 0.576. The highest BCUT2D eigenvalue weighted by Gasteiger charge is 2.13. The number of nitrogens with zero attached hydrogens (tertiary/aromatic N) is 2. The van der Waals surface area contributed by atoms with Crippen molar-refractivity contribution in [1.82, 2.24) is 9.55 Å². The van der Waals surface area contributed by atoms with Crippen molar-refractivity contribution in [2.24, 2.45) is 17.6 Å². The van der Waals surface area contributed by atoms with E-state index >= 15 is 0 Å². The fourth-order valence-electron chi connectivity index (χ4n) is 2.44. The third-order valence-electron chi connectivity index (χ3n) is 3.27. The van der Waals surface area contributed by atoms with Crippen LogP contribution in [0.1, 0.15) is 39.1 Å². The molecule has 0 saturated carbocycles. The lowest BCUT2D eigenvalue weighted by Crippen LogP contribution is -2.10. The Bertz CT molecular complexity index is 552. The van der Waals surface area contributed by atoms with E-state index in [1.165, 1.54) is 11.3 Å². The quantitative estimate of drug-likeness (QED) is 0.895. The maximum absolute atomic E-state index is 5.71. The smallest absolute Gasteiger partial charge is 0.110 e. The molecule has 1 aromatic heterocycles. The predicted octanol–water partition coefficient (Wildman–Crippen LogP) is 3.35. The summed E-state index contributed by atoms with van der Waals surface area (Å²) in [6, 6.07) is 6.40. The molecule has 0 atom stereocenters. The van der Waals surface area contributed by atoms with Gasteiger partial charge in [-0.2, -0.15) is 0 Å². The largest absolute Gasteiger partial charge is 0.328 e. The van der Waals surface area contributed by atoms with Crippen molar-refractivity contribution in [3.8, 4) is 0 Å². The van der Waals surface area contributed by atoms with Crippen molar-refractivity contribution in [3.05, 3.63) is 29.6 Å². The summed E-state index contributed by atoms with van der Waals surface area (Å²) in [5.74, 6) is 2.45. The Labute approximate surface area is 115 Å². The van der Waals surface area contributed by atoms with Crippen LogP contribution in [0.2, 0.25) is 0 Å². The third-order valence-corrected chi connectivity index (χ3v) is 3.27. The molecule has 0 amide bonds. The standard InChI is InChI=1S/C16H25N3/c1-11(2)7-16-18-14-8-13(9-17)5-6-15(14)19(16)10-12(3)4/h5-6,8,11-12H,7,9-10,17H2,1-4H3. The zero-order valence-corrected chi connectivity index (χ0v) is 12.5. The summed E-state index contributed by atoms with van der Waals surface area (Å²) in [4.78, 5) is 4.82. The van der Waals surface area contributed by atoms with Crippen molar-refractivity contribution >= 4 is 11.0 Å². The normalized spacial score (nSPS) is 11.9. The number of benzene rings is 1. The first-order chi connectivity index (χ1) is 9.01. The van der Waals surface area contributed by atoms with E-state index < -0.39 is 0 Å². The Hall–Kier alpha value is -1.35. The minimum atomic E-state index is 0.576. The lowest BCUT2D eigenvalue weighted by Gasteiger charge is -2.13. The summed E-state index contributed by atoms with van der Waals surface area (Å²) in [6.45, 7) is 10.6. The van der Waals surface area contributed by atoms with Gasteiger partial charge in [-0.05, 0) is 29.5 Å². The molecule has 0 aliphatic heterocycles. The first-order valence-corrected chi connectivity index (χ1v) is 7.19. The van der Waals surface area contributed by atoms with Crippen molar-refractivity contribution < 1.29 is 0 Å². The van der Waals surface area contributed by atoms with Gasteiger partial charge < -0.3 is 10.3 Å². The molecule has 0 spiro atoms. The van der Waals surface area contributed by atoms with Crippen LogP contribution in [0.25, 0.3) is 11.0 Å². The molecule has 2 rings (SSSR count). The molecule has 0 aliphatic rings. The van der Waals surface area contributed by atoms with Gasteiger partial charge in [0, 0.05) is 19.5 Å². The van der Waals surface area contributed by atoms with E-state index in [-0.39, 0.29) is 0 Å². The van der Waals surface area contributed by atoms with Crippen molar-refractivity contribution in [1.29, 1.82) is 0 Å². The van der Waals surface area contributed by atoms with Gasteiger partial charge in [-0.15, -0.1) is 0 Å². The van der Waals surface area contributed by atoms with Crippen LogP contribution in [0.4, 0.5) is 0 Å². The highest BCUT2D eigenvalue weighted by molar-refractivity contribution is 5.77. The molecule has 0 fully saturated rings. The number of fused-ring (bicyclic) bond motifs is 1. The molecule has 3 heteroatoms. The molecule has 1 heterocycles. The molecule has 104 valence electrons. The van der Waals surface area contributed by atoms with Gasteiger partial charge in [-0.1, -0.05) is 33.8 Å². The zero-order valence-electron chi connectivity index (χ0n) is 12.5. The molecule has 0 aliphatic carbocycles. The molecular weight excluding hydrogens is 234 g/mol. The summed E-state index contributed by atoms with van der Waals surface area (Å²) >= 11 is 0. The highest BCUT2D eigenvalue weighted by atomic mass is 15.1. The van der Waals surface area contributed by atoms with Crippen molar-refractivity contribution in [3.63, 3.8) is 0 Å². The number of imidazole rings is 1. The number of aromatic nitrogens is 2. The van der Waals surface area contributed by atoms with Crippen LogP contribution < -0.4 is 5.73 Å². The van der Waals surface area contributed by atoms with Crippen LogP contribution in [0.3, 0.4) is 0 Å². The molecule has 0 bridgehead atoms. The molecule has 1 aromatic carbocycles. The maximum atomic E-state index is 5.71. The van der Waals surface area contributed by atoms with Crippen LogP contribution in [0.5, 0.6) is 0 Å². The number of nitrogens with two attached hydrogens (primary N) is 1. The van der Waals surface area contributed by atoms with Crippen LogP contribution in [-0.2, 0) is 19.5 Å². The Kier molecular flexibility index (Phi) is 4.25. The van der Waals surface area contributed by atoms with Gasteiger partial charge >= 0.3 is 0 Å². The van der Waals surface area contributed by atoms with Gasteiger partial charge in [0.1, 0.15) is 5.82 Å². The second-order valence-electron chi connectivity index (χ2n) is 6.16. The van der Waals surface area contributed by atoms with Crippen LogP contribution in [0, 0.1) is 11.8 Å². The minimum Gasteiger partial charge on any atom is -0.328 e. The van der Waals surface area contributed by atoms with Crippen molar-refractivity contribution in [2.45, 2.75) is 47.2 Å².